The van der Waals surface area contributed by atoms with Crippen molar-refractivity contribution >= 4 is 0 Å². The van der Waals surface area contributed by atoms with Gasteiger partial charge in [0.25, 0.3) is 0 Å². The standard InChI is InChI=1S/C18H31NO2/c1-4-19-15-17(9-7-11-21-13-12-20-3)14-18-10-6-5-8-16(18)2/h5-6,8,10,17,19H,4,7,9,11-15H2,1-3H3. The smallest absolute Gasteiger partial charge is 0.0700 e. The van der Waals surface area contributed by atoms with E-state index in [1.54, 1.807) is 7.11 Å². The van der Waals surface area contributed by atoms with Gasteiger partial charge >= 0.3 is 0 Å². The first-order valence-corrected chi connectivity index (χ1v) is 8.09. The SMILES string of the molecule is CCNCC(CCCOCCOC)Cc1ccccc1C. The van der Waals surface area contributed by atoms with E-state index in [4.69, 9.17) is 9.47 Å². The van der Waals surface area contributed by atoms with Crippen LogP contribution in [0.15, 0.2) is 24.3 Å². The molecule has 0 saturated carbocycles. The fourth-order valence-electron chi connectivity index (χ4n) is 2.49. The van der Waals surface area contributed by atoms with Crippen molar-refractivity contribution < 1.29 is 9.47 Å². The van der Waals surface area contributed by atoms with E-state index in [2.05, 4.69) is 43.4 Å². The van der Waals surface area contributed by atoms with Crippen molar-refractivity contribution in [2.75, 3.05) is 40.0 Å². The van der Waals surface area contributed by atoms with Crippen LogP contribution in [-0.2, 0) is 15.9 Å². The van der Waals surface area contributed by atoms with Crippen molar-refractivity contribution in [2.24, 2.45) is 5.92 Å². The quantitative estimate of drug-likeness (QED) is 0.600. The van der Waals surface area contributed by atoms with Crippen molar-refractivity contribution in [3.8, 4) is 0 Å². The summed E-state index contributed by atoms with van der Waals surface area (Å²) in [5.41, 5.74) is 2.87. The largest absolute Gasteiger partial charge is 0.382 e. The summed E-state index contributed by atoms with van der Waals surface area (Å²) < 4.78 is 10.5. The first-order valence-electron chi connectivity index (χ1n) is 8.09. The van der Waals surface area contributed by atoms with Crippen molar-refractivity contribution in [3.63, 3.8) is 0 Å². The Hall–Kier alpha value is -0.900. The third-order valence-electron chi connectivity index (χ3n) is 3.79. The van der Waals surface area contributed by atoms with Gasteiger partial charge in [0.15, 0.2) is 0 Å². The predicted octanol–water partition coefficient (Wildman–Crippen LogP) is 3.21. The van der Waals surface area contributed by atoms with Crippen LogP contribution in [-0.4, -0.2) is 40.0 Å². The molecule has 0 aliphatic rings. The second kappa shape index (κ2) is 11.7. The lowest BCUT2D eigenvalue weighted by atomic mass is 9.92. The molecule has 120 valence electrons. The van der Waals surface area contributed by atoms with E-state index in [-0.39, 0.29) is 0 Å². The Kier molecular flexibility index (Phi) is 10.1. The van der Waals surface area contributed by atoms with Gasteiger partial charge in [-0.25, -0.2) is 0 Å². The molecule has 1 aromatic rings. The van der Waals surface area contributed by atoms with Gasteiger partial charge in [-0.15, -0.1) is 0 Å². The number of ether oxygens (including phenoxy) is 2. The molecule has 1 atom stereocenters. The molecule has 0 aliphatic carbocycles. The Morgan fingerprint density at radius 2 is 1.95 bits per heavy atom. The Bertz CT molecular complexity index is 368. The highest BCUT2D eigenvalue weighted by Crippen LogP contribution is 2.17. The number of hydrogen-bond donors (Lipinski definition) is 1. The van der Waals surface area contributed by atoms with Gasteiger partial charge in [0.05, 0.1) is 13.2 Å². The summed E-state index contributed by atoms with van der Waals surface area (Å²) in [6.07, 6.45) is 3.47. The average molecular weight is 293 g/mol. The first-order chi connectivity index (χ1) is 10.3. The van der Waals surface area contributed by atoms with Crippen molar-refractivity contribution in [3.05, 3.63) is 35.4 Å². The highest BCUT2D eigenvalue weighted by atomic mass is 16.5. The molecule has 1 N–H and O–H groups in total. The molecule has 1 rings (SSSR count). The van der Waals surface area contributed by atoms with E-state index in [1.807, 2.05) is 0 Å². The van der Waals surface area contributed by atoms with Crippen LogP contribution in [0.1, 0.15) is 30.9 Å². The molecular formula is C18H31NO2. The molecule has 0 heterocycles. The van der Waals surface area contributed by atoms with E-state index < -0.39 is 0 Å². The molecular weight excluding hydrogens is 262 g/mol. The van der Waals surface area contributed by atoms with Gasteiger partial charge in [-0.3, -0.25) is 0 Å². The van der Waals surface area contributed by atoms with E-state index in [9.17, 15) is 0 Å². The van der Waals surface area contributed by atoms with E-state index in [1.165, 1.54) is 17.5 Å². The second-order valence-electron chi connectivity index (χ2n) is 5.55. The summed E-state index contributed by atoms with van der Waals surface area (Å²) in [7, 11) is 1.71. The number of benzene rings is 1. The molecule has 1 unspecified atom stereocenters. The molecule has 3 heteroatoms. The summed E-state index contributed by atoms with van der Waals surface area (Å²) in [5, 5.41) is 3.49. The third-order valence-corrected chi connectivity index (χ3v) is 3.79. The number of hydrogen-bond acceptors (Lipinski definition) is 3. The molecule has 0 saturated heterocycles. The van der Waals surface area contributed by atoms with Gasteiger partial charge in [0, 0.05) is 13.7 Å². The summed E-state index contributed by atoms with van der Waals surface area (Å²) in [6, 6.07) is 8.71. The maximum absolute atomic E-state index is 5.56. The van der Waals surface area contributed by atoms with Gasteiger partial charge in [0.1, 0.15) is 0 Å². The highest BCUT2D eigenvalue weighted by molar-refractivity contribution is 5.25. The summed E-state index contributed by atoms with van der Waals surface area (Å²) in [4.78, 5) is 0. The number of rotatable bonds is 12. The van der Waals surface area contributed by atoms with Gasteiger partial charge in [-0.2, -0.15) is 0 Å². The minimum atomic E-state index is 0.678. The number of methoxy groups -OCH3 is 1. The van der Waals surface area contributed by atoms with Crippen LogP contribution in [0.25, 0.3) is 0 Å². The van der Waals surface area contributed by atoms with Gasteiger partial charge in [0.2, 0.25) is 0 Å². The van der Waals surface area contributed by atoms with Gasteiger partial charge in [-0.1, -0.05) is 31.2 Å². The third kappa shape index (κ3) is 8.20. The Labute approximate surface area is 130 Å². The normalized spacial score (nSPS) is 12.5. The number of aryl methyl sites for hydroxylation is 1. The molecule has 1 aromatic carbocycles. The van der Waals surface area contributed by atoms with Crippen LogP contribution in [0.4, 0.5) is 0 Å². The van der Waals surface area contributed by atoms with Crippen LogP contribution in [0.5, 0.6) is 0 Å². The lowest BCUT2D eigenvalue weighted by molar-refractivity contribution is 0.0672. The minimum absolute atomic E-state index is 0.678. The molecule has 3 nitrogen and oxygen atoms in total. The zero-order valence-corrected chi connectivity index (χ0v) is 13.9. The highest BCUT2D eigenvalue weighted by Gasteiger charge is 2.10. The van der Waals surface area contributed by atoms with Crippen LogP contribution < -0.4 is 5.32 Å². The Balaban J connectivity index is 2.35. The van der Waals surface area contributed by atoms with Crippen LogP contribution in [0, 0.1) is 12.8 Å². The predicted molar refractivity (Wildman–Crippen MR) is 88.8 cm³/mol. The molecule has 0 amide bonds. The maximum Gasteiger partial charge on any atom is 0.0700 e. The molecule has 21 heavy (non-hydrogen) atoms. The van der Waals surface area contributed by atoms with Gasteiger partial charge in [-0.05, 0) is 56.3 Å². The Morgan fingerprint density at radius 1 is 1.14 bits per heavy atom. The van der Waals surface area contributed by atoms with Crippen molar-refractivity contribution in [1.82, 2.24) is 5.32 Å². The summed E-state index contributed by atoms with van der Waals surface area (Å²) >= 11 is 0. The molecule has 0 bridgehead atoms. The molecule has 0 aliphatic heterocycles. The van der Waals surface area contributed by atoms with E-state index in [0.29, 0.717) is 19.1 Å². The number of nitrogens with one attached hydrogen (secondary N) is 1. The van der Waals surface area contributed by atoms with E-state index in [0.717, 1.165) is 32.5 Å². The lowest BCUT2D eigenvalue weighted by Gasteiger charge is -2.18. The average Bonchev–Trinajstić information content (AvgIpc) is 2.50. The lowest BCUT2D eigenvalue weighted by Crippen LogP contribution is -2.24. The topological polar surface area (TPSA) is 30.5 Å². The fraction of sp³-hybridized carbons (Fsp3) is 0.667. The van der Waals surface area contributed by atoms with Crippen LogP contribution >= 0.6 is 0 Å². The second-order valence-corrected chi connectivity index (χ2v) is 5.55. The molecule has 0 aromatic heterocycles. The summed E-state index contributed by atoms with van der Waals surface area (Å²) in [5.74, 6) is 0.678. The zero-order valence-electron chi connectivity index (χ0n) is 13.9. The van der Waals surface area contributed by atoms with E-state index >= 15 is 0 Å². The first kappa shape index (κ1) is 18.1. The molecule has 0 spiro atoms. The zero-order chi connectivity index (χ0) is 15.3. The molecule has 0 fully saturated rings. The Morgan fingerprint density at radius 3 is 2.67 bits per heavy atom. The minimum Gasteiger partial charge on any atom is -0.382 e. The van der Waals surface area contributed by atoms with Gasteiger partial charge < -0.3 is 14.8 Å². The van der Waals surface area contributed by atoms with Crippen LogP contribution in [0.2, 0.25) is 0 Å². The maximum atomic E-state index is 5.56. The van der Waals surface area contributed by atoms with Crippen LogP contribution in [0.3, 0.4) is 0 Å². The van der Waals surface area contributed by atoms with Crippen molar-refractivity contribution in [1.29, 1.82) is 0 Å². The monoisotopic (exact) mass is 293 g/mol. The fourth-order valence-corrected chi connectivity index (χ4v) is 2.49. The summed E-state index contributed by atoms with van der Waals surface area (Å²) in [6.45, 7) is 8.71. The van der Waals surface area contributed by atoms with Crippen molar-refractivity contribution in [2.45, 2.75) is 33.1 Å². The molecule has 0 radical (unpaired) electrons.